The molecule has 1 saturated heterocycles. The number of halogens is 3. The minimum absolute atomic E-state index is 0.351. The summed E-state index contributed by atoms with van der Waals surface area (Å²) >= 11 is 18.8. The Morgan fingerprint density at radius 2 is 1.79 bits per heavy atom. The Morgan fingerprint density at radius 1 is 1.11 bits per heavy atom. The molecule has 0 atom stereocenters. The van der Waals surface area contributed by atoms with Crippen LogP contribution < -0.4 is 4.90 Å². The normalized spacial score (nSPS) is 16.3. The number of ether oxygens (including phenoxy) is 1. The number of aromatic amines is 1. The van der Waals surface area contributed by atoms with Crippen LogP contribution >= 0.6 is 34.8 Å². The van der Waals surface area contributed by atoms with Crippen LogP contribution in [0.5, 0.6) is 0 Å². The molecule has 0 saturated carbocycles. The SMILES string of the molecule is Cc1nc2c(Cl)c(Cl)c(Cl)c(N3CCOCC3)c2[nH]1. The maximum Gasteiger partial charge on any atom is 0.111 e. The Hall–Kier alpha value is -0.680. The molecule has 0 unspecified atom stereocenters. The Labute approximate surface area is 125 Å². The second-order valence-electron chi connectivity index (χ2n) is 4.44. The molecule has 3 rings (SSSR count). The molecule has 2 heterocycles. The van der Waals surface area contributed by atoms with E-state index in [1.165, 1.54) is 0 Å². The molecule has 0 amide bonds. The van der Waals surface area contributed by atoms with E-state index in [0.29, 0.717) is 33.8 Å². The number of nitrogens with zero attached hydrogens (tertiary/aromatic N) is 2. The van der Waals surface area contributed by atoms with Gasteiger partial charge in [-0.15, -0.1) is 0 Å². The number of anilines is 1. The number of hydrogen-bond acceptors (Lipinski definition) is 3. The van der Waals surface area contributed by atoms with E-state index in [9.17, 15) is 0 Å². The third-order valence-corrected chi connectivity index (χ3v) is 4.49. The van der Waals surface area contributed by atoms with Crippen LogP contribution in [-0.2, 0) is 4.74 Å². The fourth-order valence-electron chi connectivity index (χ4n) is 2.32. The number of fused-ring (bicyclic) bond motifs is 1. The highest BCUT2D eigenvalue weighted by Crippen LogP contribution is 2.44. The van der Waals surface area contributed by atoms with Crippen molar-refractivity contribution < 1.29 is 4.74 Å². The van der Waals surface area contributed by atoms with E-state index < -0.39 is 0 Å². The number of imidazole rings is 1. The molecule has 7 heteroatoms. The highest BCUT2D eigenvalue weighted by atomic mass is 35.5. The number of morpholine rings is 1. The van der Waals surface area contributed by atoms with Crippen molar-refractivity contribution in [3.8, 4) is 0 Å². The molecule has 0 bridgehead atoms. The van der Waals surface area contributed by atoms with E-state index in [4.69, 9.17) is 39.5 Å². The van der Waals surface area contributed by atoms with Crippen molar-refractivity contribution >= 4 is 51.5 Å². The van der Waals surface area contributed by atoms with Gasteiger partial charge in [0.05, 0.1) is 39.5 Å². The lowest BCUT2D eigenvalue weighted by Crippen LogP contribution is -2.36. The van der Waals surface area contributed by atoms with Crippen molar-refractivity contribution in [1.29, 1.82) is 0 Å². The molecule has 0 aliphatic carbocycles. The number of hydrogen-bond donors (Lipinski definition) is 1. The summed E-state index contributed by atoms with van der Waals surface area (Å²) in [6.45, 7) is 4.76. The van der Waals surface area contributed by atoms with Gasteiger partial charge in [-0.2, -0.15) is 0 Å². The van der Waals surface area contributed by atoms with Gasteiger partial charge in [-0.1, -0.05) is 34.8 Å². The maximum atomic E-state index is 6.37. The van der Waals surface area contributed by atoms with Crippen LogP contribution in [0.25, 0.3) is 11.0 Å². The summed E-state index contributed by atoms with van der Waals surface area (Å²) in [6, 6.07) is 0. The minimum Gasteiger partial charge on any atom is -0.378 e. The lowest BCUT2D eigenvalue weighted by molar-refractivity contribution is 0.123. The zero-order valence-corrected chi connectivity index (χ0v) is 12.5. The summed E-state index contributed by atoms with van der Waals surface area (Å²) < 4.78 is 5.36. The van der Waals surface area contributed by atoms with Gasteiger partial charge < -0.3 is 14.6 Å². The van der Waals surface area contributed by atoms with Gasteiger partial charge in [-0.05, 0) is 6.92 Å². The Morgan fingerprint density at radius 3 is 2.47 bits per heavy atom. The van der Waals surface area contributed by atoms with Crippen molar-refractivity contribution in [2.24, 2.45) is 0 Å². The molecule has 1 aromatic heterocycles. The summed E-state index contributed by atoms with van der Waals surface area (Å²) in [6.07, 6.45) is 0. The zero-order valence-electron chi connectivity index (χ0n) is 10.3. The predicted octanol–water partition coefficient (Wildman–Crippen LogP) is 3.67. The van der Waals surface area contributed by atoms with E-state index in [1.807, 2.05) is 6.92 Å². The van der Waals surface area contributed by atoms with Crippen molar-refractivity contribution in [3.05, 3.63) is 20.9 Å². The van der Waals surface area contributed by atoms with Gasteiger partial charge in [0.15, 0.2) is 0 Å². The lowest BCUT2D eigenvalue weighted by atomic mass is 10.2. The highest BCUT2D eigenvalue weighted by molar-refractivity contribution is 6.52. The number of nitrogens with one attached hydrogen (secondary N) is 1. The second-order valence-corrected chi connectivity index (χ2v) is 5.57. The molecular formula is C12H12Cl3N3O. The topological polar surface area (TPSA) is 41.2 Å². The quantitative estimate of drug-likeness (QED) is 0.815. The van der Waals surface area contributed by atoms with E-state index >= 15 is 0 Å². The molecule has 2 aromatic rings. The molecule has 1 fully saturated rings. The third kappa shape index (κ3) is 2.17. The first kappa shape index (κ1) is 13.3. The van der Waals surface area contributed by atoms with Crippen molar-refractivity contribution in [2.75, 3.05) is 31.2 Å². The first-order valence-corrected chi connectivity index (χ1v) is 7.08. The fraction of sp³-hybridized carbons (Fsp3) is 0.417. The number of rotatable bonds is 1. The average Bonchev–Trinajstić information content (AvgIpc) is 2.79. The number of aromatic nitrogens is 2. The van der Waals surface area contributed by atoms with Gasteiger partial charge in [-0.3, -0.25) is 0 Å². The zero-order chi connectivity index (χ0) is 13.6. The average molecular weight is 321 g/mol. The third-order valence-electron chi connectivity index (χ3n) is 3.19. The van der Waals surface area contributed by atoms with E-state index in [2.05, 4.69) is 14.9 Å². The van der Waals surface area contributed by atoms with Gasteiger partial charge in [0, 0.05) is 13.1 Å². The minimum atomic E-state index is 0.351. The molecule has 1 N–H and O–H groups in total. The van der Waals surface area contributed by atoms with Crippen LogP contribution in [0, 0.1) is 6.92 Å². The molecule has 1 aliphatic rings. The van der Waals surface area contributed by atoms with E-state index in [-0.39, 0.29) is 0 Å². The molecule has 4 nitrogen and oxygen atoms in total. The summed E-state index contributed by atoms with van der Waals surface area (Å²) in [5.74, 6) is 0.782. The van der Waals surface area contributed by atoms with E-state index in [0.717, 1.165) is 30.1 Å². The fourth-order valence-corrected chi connectivity index (χ4v) is 3.09. The summed E-state index contributed by atoms with van der Waals surface area (Å²) in [4.78, 5) is 9.74. The Bertz CT molecular complexity index is 635. The van der Waals surface area contributed by atoms with Crippen molar-refractivity contribution in [3.63, 3.8) is 0 Å². The van der Waals surface area contributed by atoms with Gasteiger partial charge in [0.1, 0.15) is 11.3 Å². The van der Waals surface area contributed by atoms with Gasteiger partial charge in [-0.25, -0.2) is 4.98 Å². The second kappa shape index (κ2) is 5.02. The van der Waals surface area contributed by atoms with Crippen LogP contribution in [-0.4, -0.2) is 36.3 Å². The van der Waals surface area contributed by atoms with Gasteiger partial charge in [0.25, 0.3) is 0 Å². The number of aryl methyl sites for hydroxylation is 1. The van der Waals surface area contributed by atoms with Crippen LogP contribution in [0.1, 0.15) is 5.82 Å². The molecule has 19 heavy (non-hydrogen) atoms. The van der Waals surface area contributed by atoms with Crippen molar-refractivity contribution in [1.82, 2.24) is 9.97 Å². The molecule has 102 valence electrons. The van der Waals surface area contributed by atoms with Crippen molar-refractivity contribution in [2.45, 2.75) is 6.92 Å². The predicted molar refractivity (Wildman–Crippen MR) is 78.9 cm³/mol. The molecule has 0 radical (unpaired) electrons. The summed E-state index contributed by atoms with van der Waals surface area (Å²) in [7, 11) is 0. The molecular weight excluding hydrogens is 309 g/mol. The molecule has 1 aliphatic heterocycles. The van der Waals surface area contributed by atoms with E-state index in [1.54, 1.807) is 0 Å². The summed E-state index contributed by atoms with van der Waals surface area (Å²) in [5.41, 5.74) is 2.35. The van der Waals surface area contributed by atoms with Gasteiger partial charge >= 0.3 is 0 Å². The first-order valence-electron chi connectivity index (χ1n) is 5.95. The lowest BCUT2D eigenvalue weighted by Gasteiger charge is -2.30. The maximum absolute atomic E-state index is 6.37. The molecule has 0 spiro atoms. The van der Waals surface area contributed by atoms with Crippen LogP contribution in [0.2, 0.25) is 15.1 Å². The highest BCUT2D eigenvalue weighted by Gasteiger charge is 2.24. The Balaban J connectivity index is 2.26. The summed E-state index contributed by atoms with van der Waals surface area (Å²) in [5, 5.41) is 1.21. The smallest absolute Gasteiger partial charge is 0.111 e. The van der Waals surface area contributed by atoms with Crippen LogP contribution in [0.3, 0.4) is 0 Å². The van der Waals surface area contributed by atoms with Crippen LogP contribution in [0.15, 0.2) is 0 Å². The standard InChI is InChI=1S/C12H12Cl3N3O/c1-6-16-10-8(14)7(13)9(15)12(11(10)17-6)18-2-4-19-5-3-18/h2-5H2,1H3,(H,16,17). The monoisotopic (exact) mass is 319 g/mol. The van der Waals surface area contributed by atoms with Gasteiger partial charge in [0.2, 0.25) is 0 Å². The number of H-pyrrole nitrogens is 1. The Kier molecular flexibility index (Phi) is 3.52. The van der Waals surface area contributed by atoms with Crippen LogP contribution in [0.4, 0.5) is 5.69 Å². The first-order chi connectivity index (χ1) is 9.09. The largest absolute Gasteiger partial charge is 0.378 e. The number of benzene rings is 1. The molecule has 1 aromatic carbocycles.